The molecule has 0 aromatic carbocycles. The first-order chi connectivity index (χ1) is 9.16. The Labute approximate surface area is 113 Å². The number of nitrogens with two attached hydrogens (primary N) is 1. The molecule has 0 aliphatic carbocycles. The van der Waals surface area contributed by atoms with Crippen molar-refractivity contribution in [3.05, 3.63) is 17.8 Å². The Hall–Kier alpha value is -1.69. The van der Waals surface area contributed by atoms with Crippen LogP contribution in [0.5, 0.6) is 0 Å². The van der Waals surface area contributed by atoms with E-state index in [9.17, 15) is 0 Å². The maximum absolute atomic E-state index is 7.68. The molecule has 2 fully saturated rings. The zero-order valence-electron chi connectivity index (χ0n) is 11.2. The van der Waals surface area contributed by atoms with Gasteiger partial charge in [0, 0.05) is 25.2 Å². The lowest BCUT2D eigenvalue weighted by Gasteiger charge is -2.43. The molecule has 2 atom stereocenters. The highest BCUT2D eigenvalue weighted by atomic mass is 15.4. The molecule has 3 heterocycles. The van der Waals surface area contributed by atoms with Crippen molar-refractivity contribution in [3.8, 4) is 0 Å². The number of piperazine rings is 1. The Kier molecular flexibility index (Phi) is 3.10. The van der Waals surface area contributed by atoms with E-state index in [1.165, 1.54) is 19.4 Å². The normalized spacial score (nSPS) is 27.3. The number of fused-ring (bicyclic) bond motifs is 1. The number of rotatable bonds is 2. The van der Waals surface area contributed by atoms with Crippen LogP contribution in [0.15, 0.2) is 12.3 Å². The van der Waals surface area contributed by atoms with Gasteiger partial charge >= 0.3 is 0 Å². The third-order valence-electron chi connectivity index (χ3n) is 4.20. The van der Waals surface area contributed by atoms with Crippen LogP contribution in [-0.2, 0) is 0 Å². The fourth-order valence-corrected chi connectivity index (χ4v) is 3.23. The second-order valence-corrected chi connectivity index (χ2v) is 5.47. The Morgan fingerprint density at radius 3 is 3.11 bits per heavy atom. The maximum atomic E-state index is 7.68. The van der Waals surface area contributed by atoms with E-state index in [4.69, 9.17) is 11.1 Å². The van der Waals surface area contributed by atoms with Gasteiger partial charge in [0.15, 0.2) is 5.82 Å². The predicted octanol–water partition coefficient (Wildman–Crippen LogP) is 0.434. The summed E-state index contributed by atoms with van der Waals surface area (Å²) < 4.78 is 0. The second kappa shape index (κ2) is 4.77. The van der Waals surface area contributed by atoms with Crippen molar-refractivity contribution in [2.75, 3.05) is 24.5 Å². The van der Waals surface area contributed by atoms with Crippen LogP contribution < -0.4 is 10.6 Å². The zero-order chi connectivity index (χ0) is 13.4. The molecule has 3 N–H and O–H groups in total. The molecule has 2 aliphatic heterocycles. The van der Waals surface area contributed by atoms with Gasteiger partial charge in [0.05, 0.1) is 11.8 Å². The minimum absolute atomic E-state index is 0.0611. The molecule has 2 saturated heterocycles. The summed E-state index contributed by atoms with van der Waals surface area (Å²) in [6.45, 7) is 5.43. The van der Waals surface area contributed by atoms with Gasteiger partial charge in [0.1, 0.15) is 5.84 Å². The van der Waals surface area contributed by atoms with Crippen LogP contribution in [0.3, 0.4) is 0 Å². The Balaban J connectivity index is 1.91. The van der Waals surface area contributed by atoms with E-state index < -0.39 is 0 Å². The highest BCUT2D eigenvalue weighted by molar-refractivity contribution is 5.99. The molecule has 6 nitrogen and oxygen atoms in total. The van der Waals surface area contributed by atoms with Crippen molar-refractivity contribution in [2.24, 2.45) is 5.73 Å². The summed E-state index contributed by atoms with van der Waals surface area (Å²) in [6.07, 6.45) is 4.13. The molecule has 3 rings (SSSR count). The van der Waals surface area contributed by atoms with Crippen LogP contribution in [0.25, 0.3) is 0 Å². The molecule has 0 bridgehead atoms. The summed E-state index contributed by atoms with van der Waals surface area (Å²) in [5.41, 5.74) is 6.34. The van der Waals surface area contributed by atoms with Crippen LogP contribution in [0.4, 0.5) is 5.82 Å². The molecule has 2 unspecified atom stereocenters. The number of nitrogen functional groups attached to an aromatic ring is 1. The van der Waals surface area contributed by atoms with Crippen molar-refractivity contribution in [2.45, 2.75) is 31.8 Å². The van der Waals surface area contributed by atoms with Gasteiger partial charge in [0.25, 0.3) is 0 Å². The summed E-state index contributed by atoms with van der Waals surface area (Å²) in [5.74, 6) is 0.819. The van der Waals surface area contributed by atoms with Crippen LogP contribution in [-0.4, -0.2) is 52.7 Å². The number of hydrogen-bond donors (Lipinski definition) is 2. The van der Waals surface area contributed by atoms with Gasteiger partial charge in [-0.1, -0.05) is 0 Å². The number of hydrogen-bond acceptors (Lipinski definition) is 5. The summed E-state index contributed by atoms with van der Waals surface area (Å²) in [4.78, 5) is 4.82. The van der Waals surface area contributed by atoms with E-state index in [2.05, 4.69) is 26.9 Å². The molecule has 1 aromatic rings. The lowest BCUT2D eigenvalue weighted by Crippen LogP contribution is -2.55. The first-order valence-electron chi connectivity index (χ1n) is 6.83. The van der Waals surface area contributed by atoms with E-state index in [1.807, 2.05) is 0 Å². The highest BCUT2D eigenvalue weighted by Gasteiger charge is 2.35. The standard InChI is InChI=1S/C13H20N6/c1-9-7-18-6-2-3-10(18)8-19(9)13-11(12(14)15)4-5-16-17-13/h4-5,9-10H,2-3,6-8H2,1H3,(H3,14,15). The maximum Gasteiger partial charge on any atom is 0.162 e. The number of amidine groups is 1. The molecular formula is C13H20N6. The Bertz CT molecular complexity index is 488. The molecule has 1 aromatic heterocycles. The highest BCUT2D eigenvalue weighted by Crippen LogP contribution is 2.28. The largest absolute Gasteiger partial charge is 0.384 e. The molecule has 6 heteroatoms. The van der Waals surface area contributed by atoms with Gasteiger partial charge < -0.3 is 10.6 Å². The lowest BCUT2D eigenvalue weighted by molar-refractivity contribution is 0.202. The van der Waals surface area contributed by atoms with Crippen molar-refractivity contribution in [3.63, 3.8) is 0 Å². The van der Waals surface area contributed by atoms with E-state index in [0.29, 0.717) is 17.6 Å². The number of nitrogens with one attached hydrogen (secondary N) is 1. The average molecular weight is 260 g/mol. The third kappa shape index (κ3) is 2.16. The van der Waals surface area contributed by atoms with Crippen LogP contribution in [0.2, 0.25) is 0 Å². The summed E-state index contributed by atoms with van der Waals surface area (Å²) in [5, 5.41) is 15.9. The van der Waals surface area contributed by atoms with E-state index in [1.54, 1.807) is 12.3 Å². The molecule has 19 heavy (non-hydrogen) atoms. The van der Waals surface area contributed by atoms with Crippen molar-refractivity contribution >= 4 is 11.7 Å². The van der Waals surface area contributed by atoms with Gasteiger partial charge in [0.2, 0.25) is 0 Å². The van der Waals surface area contributed by atoms with Crippen LogP contribution in [0, 0.1) is 5.41 Å². The van der Waals surface area contributed by atoms with E-state index >= 15 is 0 Å². The fraction of sp³-hybridized carbons (Fsp3) is 0.615. The summed E-state index contributed by atoms with van der Waals surface area (Å²) in [6, 6.07) is 2.76. The first-order valence-corrected chi connectivity index (χ1v) is 6.83. The lowest BCUT2D eigenvalue weighted by atomic mass is 10.1. The summed E-state index contributed by atoms with van der Waals surface area (Å²) in [7, 11) is 0. The molecule has 102 valence electrons. The zero-order valence-corrected chi connectivity index (χ0v) is 11.2. The number of anilines is 1. The minimum atomic E-state index is 0.0611. The van der Waals surface area contributed by atoms with Crippen LogP contribution >= 0.6 is 0 Å². The first kappa shape index (κ1) is 12.3. The predicted molar refractivity (Wildman–Crippen MR) is 74.5 cm³/mol. The molecule has 0 spiro atoms. The topological polar surface area (TPSA) is 82.1 Å². The summed E-state index contributed by atoms with van der Waals surface area (Å²) >= 11 is 0. The molecule has 0 saturated carbocycles. The SMILES string of the molecule is CC1CN2CCCC2CN1c1nnccc1C(=N)N. The van der Waals surface area contributed by atoms with Crippen LogP contribution in [0.1, 0.15) is 25.3 Å². The van der Waals surface area contributed by atoms with Gasteiger partial charge in [-0.05, 0) is 32.4 Å². The van der Waals surface area contributed by atoms with Crippen molar-refractivity contribution in [1.29, 1.82) is 5.41 Å². The monoisotopic (exact) mass is 260 g/mol. The number of nitrogens with zero attached hydrogens (tertiary/aromatic N) is 4. The molecular weight excluding hydrogens is 240 g/mol. The van der Waals surface area contributed by atoms with Crippen molar-refractivity contribution < 1.29 is 0 Å². The van der Waals surface area contributed by atoms with E-state index in [0.717, 1.165) is 18.9 Å². The van der Waals surface area contributed by atoms with Gasteiger partial charge in [-0.25, -0.2) is 0 Å². The van der Waals surface area contributed by atoms with E-state index in [-0.39, 0.29) is 5.84 Å². The second-order valence-electron chi connectivity index (χ2n) is 5.47. The quantitative estimate of drug-likeness (QED) is 0.595. The van der Waals surface area contributed by atoms with Crippen molar-refractivity contribution in [1.82, 2.24) is 15.1 Å². The molecule has 2 aliphatic rings. The Morgan fingerprint density at radius 2 is 2.32 bits per heavy atom. The molecule has 0 amide bonds. The molecule has 0 radical (unpaired) electrons. The van der Waals surface area contributed by atoms with Gasteiger partial charge in [-0.15, -0.1) is 5.10 Å². The fourth-order valence-electron chi connectivity index (χ4n) is 3.23. The average Bonchev–Trinajstić information content (AvgIpc) is 2.84. The third-order valence-corrected chi connectivity index (χ3v) is 4.20. The van der Waals surface area contributed by atoms with Gasteiger partial charge in [-0.3, -0.25) is 10.3 Å². The Morgan fingerprint density at radius 1 is 1.47 bits per heavy atom. The van der Waals surface area contributed by atoms with Gasteiger partial charge in [-0.2, -0.15) is 5.10 Å². The number of aromatic nitrogens is 2. The smallest absolute Gasteiger partial charge is 0.162 e. The minimum Gasteiger partial charge on any atom is -0.384 e.